The molecule has 0 radical (unpaired) electrons. The molecule has 31 heavy (non-hydrogen) atoms. The van der Waals surface area contributed by atoms with Gasteiger partial charge in [0, 0.05) is 13.1 Å². The molecular formula is C24H33N3O3S. The number of rotatable bonds is 9. The maximum atomic E-state index is 12.6. The largest absolute Gasteiger partial charge is 0.350 e. The second-order valence-corrected chi connectivity index (χ2v) is 10.1. The van der Waals surface area contributed by atoms with Crippen LogP contribution >= 0.6 is 0 Å². The van der Waals surface area contributed by atoms with Crippen molar-refractivity contribution in [2.45, 2.75) is 45.7 Å². The molecule has 3 rings (SSSR count). The molecule has 0 aliphatic carbocycles. The van der Waals surface area contributed by atoms with Crippen LogP contribution in [0.3, 0.4) is 0 Å². The lowest BCUT2D eigenvalue weighted by Gasteiger charge is -2.27. The number of carbonyl (C=O) groups is 1. The van der Waals surface area contributed by atoms with Crippen LogP contribution in [-0.4, -0.2) is 45.1 Å². The third-order valence-corrected chi connectivity index (χ3v) is 6.90. The maximum Gasteiger partial charge on any atom is 0.241 e. The summed E-state index contributed by atoms with van der Waals surface area (Å²) in [7, 11) is -3.58. The molecule has 0 bridgehead atoms. The Hall–Kier alpha value is -2.38. The Balaban J connectivity index is 1.64. The van der Waals surface area contributed by atoms with E-state index in [9.17, 15) is 13.2 Å². The van der Waals surface area contributed by atoms with Gasteiger partial charge in [0.1, 0.15) is 6.54 Å². The lowest BCUT2D eigenvalue weighted by Crippen LogP contribution is -2.40. The molecule has 1 fully saturated rings. The van der Waals surface area contributed by atoms with E-state index >= 15 is 0 Å². The number of hydrogen-bond acceptors (Lipinski definition) is 4. The smallest absolute Gasteiger partial charge is 0.241 e. The van der Waals surface area contributed by atoms with Crippen molar-refractivity contribution in [3.05, 3.63) is 65.2 Å². The van der Waals surface area contributed by atoms with Crippen LogP contribution in [0, 0.1) is 0 Å². The van der Waals surface area contributed by atoms with E-state index in [1.807, 2.05) is 37.3 Å². The van der Waals surface area contributed by atoms with Crippen molar-refractivity contribution in [1.82, 2.24) is 10.2 Å². The second kappa shape index (κ2) is 10.8. The number of aryl methyl sites for hydroxylation is 1. The predicted molar refractivity (Wildman–Crippen MR) is 125 cm³/mol. The Morgan fingerprint density at radius 1 is 1.00 bits per heavy atom. The van der Waals surface area contributed by atoms with Gasteiger partial charge in [0.05, 0.1) is 11.9 Å². The lowest BCUT2D eigenvalue weighted by atomic mass is 10.0. The van der Waals surface area contributed by atoms with Crippen molar-refractivity contribution in [2.24, 2.45) is 0 Å². The standard InChI is InChI=1S/C24H33N3O3S/c1-3-20-11-13-23(14-12-20)27(31(2,29)30)19-24(28)25-17-21-9-5-6-10-22(21)18-26-15-7-4-8-16-26/h5-6,9-14H,3-4,7-8,15-19H2,1-2H3,(H,25,28). The van der Waals surface area contributed by atoms with Crippen LogP contribution in [0.25, 0.3) is 0 Å². The molecule has 2 aromatic carbocycles. The number of anilines is 1. The van der Waals surface area contributed by atoms with Crippen LogP contribution in [0.1, 0.15) is 42.9 Å². The molecule has 0 aromatic heterocycles. The van der Waals surface area contributed by atoms with Gasteiger partial charge in [-0.25, -0.2) is 8.42 Å². The van der Waals surface area contributed by atoms with E-state index in [4.69, 9.17) is 0 Å². The molecule has 1 aliphatic rings. The Kier molecular flexibility index (Phi) is 8.09. The molecule has 0 spiro atoms. The molecule has 1 heterocycles. The van der Waals surface area contributed by atoms with Gasteiger partial charge in [0.25, 0.3) is 0 Å². The minimum atomic E-state index is -3.58. The summed E-state index contributed by atoms with van der Waals surface area (Å²) in [5.74, 6) is -0.322. The Morgan fingerprint density at radius 3 is 2.26 bits per heavy atom. The SMILES string of the molecule is CCc1ccc(N(CC(=O)NCc2ccccc2CN2CCCCC2)S(C)(=O)=O)cc1. The van der Waals surface area contributed by atoms with Gasteiger partial charge >= 0.3 is 0 Å². The lowest BCUT2D eigenvalue weighted by molar-refractivity contribution is -0.119. The summed E-state index contributed by atoms with van der Waals surface area (Å²) in [5, 5.41) is 2.91. The molecule has 0 unspecified atom stereocenters. The van der Waals surface area contributed by atoms with Crippen molar-refractivity contribution in [3.63, 3.8) is 0 Å². The van der Waals surface area contributed by atoms with Crippen molar-refractivity contribution in [3.8, 4) is 0 Å². The Bertz CT molecular complexity index is 968. The number of likely N-dealkylation sites (tertiary alicyclic amines) is 1. The molecule has 168 valence electrons. The predicted octanol–water partition coefficient (Wildman–Crippen LogP) is 3.32. The third-order valence-electron chi connectivity index (χ3n) is 5.76. The summed E-state index contributed by atoms with van der Waals surface area (Å²) >= 11 is 0. The molecule has 7 heteroatoms. The van der Waals surface area contributed by atoms with Crippen molar-refractivity contribution >= 4 is 21.6 Å². The van der Waals surface area contributed by atoms with Crippen molar-refractivity contribution < 1.29 is 13.2 Å². The zero-order valence-corrected chi connectivity index (χ0v) is 19.3. The maximum absolute atomic E-state index is 12.6. The van der Waals surface area contributed by atoms with Gasteiger partial charge in [-0.2, -0.15) is 0 Å². The first-order valence-corrected chi connectivity index (χ1v) is 12.8. The molecule has 0 atom stereocenters. The highest BCUT2D eigenvalue weighted by molar-refractivity contribution is 7.92. The third kappa shape index (κ3) is 6.80. The van der Waals surface area contributed by atoms with Crippen LogP contribution in [0.15, 0.2) is 48.5 Å². The minimum Gasteiger partial charge on any atom is -0.350 e. The number of hydrogen-bond donors (Lipinski definition) is 1. The fraction of sp³-hybridized carbons (Fsp3) is 0.458. The Morgan fingerprint density at radius 2 is 1.65 bits per heavy atom. The molecule has 2 aromatic rings. The second-order valence-electron chi connectivity index (χ2n) is 8.17. The summed E-state index contributed by atoms with van der Waals surface area (Å²) in [6.45, 7) is 5.29. The summed E-state index contributed by atoms with van der Waals surface area (Å²) in [4.78, 5) is 15.1. The van der Waals surface area contributed by atoms with Gasteiger partial charge in [-0.3, -0.25) is 14.0 Å². The average Bonchev–Trinajstić information content (AvgIpc) is 2.77. The van der Waals surface area contributed by atoms with E-state index in [0.717, 1.165) is 47.7 Å². The van der Waals surface area contributed by atoms with Gasteiger partial charge < -0.3 is 5.32 Å². The quantitative estimate of drug-likeness (QED) is 0.646. The number of nitrogens with one attached hydrogen (secondary N) is 1. The number of amides is 1. The number of benzene rings is 2. The Labute approximate surface area is 186 Å². The van der Waals surface area contributed by atoms with Gasteiger partial charge in [-0.1, -0.05) is 49.7 Å². The molecule has 1 aliphatic heterocycles. The van der Waals surface area contributed by atoms with Crippen LogP contribution in [0.5, 0.6) is 0 Å². The number of piperidine rings is 1. The average molecular weight is 444 g/mol. The first kappa shape index (κ1) is 23.3. The van der Waals surface area contributed by atoms with E-state index in [1.54, 1.807) is 12.1 Å². The van der Waals surface area contributed by atoms with E-state index in [1.165, 1.54) is 24.8 Å². The van der Waals surface area contributed by atoms with Crippen molar-refractivity contribution in [2.75, 3.05) is 30.2 Å². The molecule has 6 nitrogen and oxygen atoms in total. The fourth-order valence-corrected chi connectivity index (χ4v) is 4.78. The first-order chi connectivity index (χ1) is 14.9. The number of carbonyl (C=O) groups excluding carboxylic acids is 1. The van der Waals surface area contributed by atoms with Crippen LogP contribution in [0.2, 0.25) is 0 Å². The summed E-state index contributed by atoms with van der Waals surface area (Å²) in [5.41, 5.74) is 3.90. The van der Waals surface area contributed by atoms with E-state index in [2.05, 4.69) is 16.3 Å². The zero-order valence-electron chi connectivity index (χ0n) is 18.5. The topological polar surface area (TPSA) is 69.7 Å². The molecule has 1 saturated heterocycles. The number of nitrogens with zero attached hydrogens (tertiary/aromatic N) is 2. The molecular weight excluding hydrogens is 410 g/mol. The molecule has 1 amide bonds. The summed E-state index contributed by atoms with van der Waals surface area (Å²) < 4.78 is 25.8. The van der Waals surface area contributed by atoms with Crippen molar-refractivity contribution in [1.29, 1.82) is 0 Å². The highest BCUT2D eigenvalue weighted by atomic mass is 32.2. The first-order valence-electron chi connectivity index (χ1n) is 11.0. The van der Waals surface area contributed by atoms with Gasteiger partial charge in [-0.05, 0) is 61.2 Å². The fourth-order valence-electron chi connectivity index (χ4n) is 3.92. The summed E-state index contributed by atoms with van der Waals surface area (Å²) in [6.07, 6.45) is 5.77. The van der Waals surface area contributed by atoms with Crippen LogP contribution in [0.4, 0.5) is 5.69 Å². The number of sulfonamides is 1. The summed E-state index contributed by atoms with van der Waals surface area (Å²) in [6, 6.07) is 15.4. The highest BCUT2D eigenvalue weighted by Crippen LogP contribution is 2.19. The monoisotopic (exact) mass is 443 g/mol. The van der Waals surface area contributed by atoms with E-state index < -0.39 is 10.0 Å². The highest BCUT2D eigenvalue weighted by Gasteiger charge is 2.21. The van der Waals surface area contributed by atoms with Gasteiger partial charge in [0.2, 0.25) is 15.9 Å². The molecule has 0 saturated carbocycles. The van der Waals surface area contributed by atoms with E-state index in [0.29, 0.717) is 12.2 Å². The molecule has 1 N–H and O–H groups in total. The van der Waals surface area contributed by atoms with Gasteiger partial charge in [-0.15, -0.1) is 0 Å². The van der Waals surface area contributed by atoms with Crippen LogP contribution < -0.4 is 9.62 Å². The van der Waals surface area contributed by atoms with Gasteiger partial charge in [0.15, 0.2) is 0 Å². The normalized spacial score (nSPS) is 14.9. The van der Waals surface area contributed by atoms with E-state index in [-0.39, 0.29) is 12.5 Å². The van der Waals surface area contributed by atoms with Crippen LogP contribution in [-0.2, 0) is 34.3 Å². The minimum absolute atomic E-state index is 0.238. The zero-order chi connectivity index (χ0) is 22.3.